The van der Waals surface area contributed by atoms with Crippen molar-refractivity contribution in [1.29, 1.82) is 0 Å². The highest BCUT2D eigenvalue weighted by molar-refractivity contribution is 5.92. The summed E-state index contributed by atoms with van der Waals surface area (Å²) in [5, 5.41) is 0. The fourth-order valence-electron chi connectivity index (χ4n) is 2.42. The lowest BCUT2D eigenvalue weighted by molar-refractivity contribution is 0.0736. The molecule has 1 N–H and O–H groups in total. The maximum atomic E-state index is 12.6. The van der Waals surface area contributed by atoms with Crippen LogP contribution in [-0.4, -0.2) is 43.8 Å². The lowest BCUT2D eigenvalue weighted by Gasteiger charge is -2.24. The summed E-state index contributed by atoms with van der Waals surface area (Å²) in [4.78, 5) is 40.7. The summed E-state index contributed by atoms with van der Waals surface area (Å²) in [5.41, 5.74) is 1.21. The first-order valence-electron chi connectivity index (χ1n) is 7.99. The zero-order valence-electron chi connectivity index (χ0n) is 14.5. The van der Waals surface area contributed by atoms with Gasteiger partial charge in [-0.15, -0.1) is 0 Å². The van der Waals surface area contributed by atoms with E-state index in [0.29, 0.717) is 18.8 Å². The molecule has 0 fully saturated rings. The van der Waals surface area contributed by atoms with Gasteiger partial charge >= 0.3 is 5.69 Å². The third kappa shape index (κ3) is 4.71. The second-order valence-electron chi connectivity index (χ2n) is 6.36. The standard InChI is InChI=1S/C17H23N5O2/c1-11(2)7-13-9-15(21-17(24)20-13)16(23)22(4)12(3)8-14-10-18-5-6-19-14/h5-6,9-12H,7-8H2,1-4H3,(H,20,21,24). The molecule has 0 saturated heterocycles. The predicted octanol–water partition coefficient (Wildman–Crippen LogP) is 1.46. The van der Waals surface area contributed by atoms with Gasteiger partial charge < -0.3 is 9.88 Å². The van der Waals surface area contributed by atoms with Crippen molar-refractivity contribution in [3.8, 4) is 0 Å². The van der Waals surface area contributed by atoms with Crippen molar-refractivity contribution >= 4 is 5.91 Å². The Bertz CT molecular complexity index is 742. The number of likely N-dealkylation sites (N-methyl/N-ethyl adjacent to an activating group) is 1. The summed E-state index contributed by atoms with van der Waals surface area (Å²) in [6, 6.07) is 1.57. The topological polar surface area (TPSA) is 91.8 Å². The Morgan fingerprint density at radius 3 is 2.62 bits per heavy atom. The zero-order valence-corrected chi connectivity index (χ0v) is 14.5. The van der Waals surface area contributed by atoms with E-state index in [0.717, 1.165) is 11.4 Å². The van der Waals surface area contributed by atoms with Crippen LogP contribution in [0.25, 0.3) is 0 Å². The highest BCUT2D eigenvalue weighted by Crippen LogP contribution is 2.10. The number of aromatic amines is 1. The van der Waals surface area contributed by atoms with Crippen molar-refractivity contribution in [2.24, 2.45) is 5.92 Å². The monoisotopic (exact) mass is 329 g/mol. The minimum absolute atomic E-state index is 0.0937. The number of amides is 1. The summed E-state index contributed by atoms with van der Waals surface area (Å²) in [7, 11) is 1.70. The lowest BCUT2D eigenvalue weighted by Crippen LogP contribution is -2.38. The Kier molecular flexibility index (Phi) is 5.78. The van der Waals surface area contributed by atoms with Crippen LogP contribution in [0.2, 0.25) is 0 Å². The van der Waals surface area contributed by atoms with Crippen LogP contribution < -0.4 is 5.69 Å². The number of hydrogen-bond donors (Lipinski definition) is 1. The minimum Gasteiger partial charge on any atom is -0.337 e. The minimum atomic E-state index is -0.494. The van der Waals surface area contributed by atoms with E-state index in [1.807, 2.05) is 6.92 Å². The Hall–Kier alpha value is -2.57. The van der Waals surface area contributed by atoms with Crippen LogP contribution in [0.5, 0.6) is 0 Å². The average Bonchev–Trinajstić information content (AvgIpc) is 2.53. The van der Waals surface area contributed by atoms with Gasteiger partial charge in [0.1, 0.15) is 5.69 Å². The van der Waals surface area contributed by atoms with Gasteiger partial charge in [-0.05, 0) is 25.3 Å². The summed E-state index contributed by atoms with van der Waals surface area (Å²) in [6.07, 6.45) is 6.19. The molecule has 0 aromatic carbocycles. The number of nitrogens with zero attached hydrogens (tertiary/aromatic N) is 4. The smallest absolute Gasteiger partial charge is 0.337 e. The van der Waals surface area contributed by atoms with Gasteiger partial charge in [0, 0.05) is 43.8 Å². The SMILES string of the molecule is CC(C)Cc1cc(C(=O)N(C)C(C)Cc2cnccn2)nc(=O)[nH]1. The molecule has 0 radical (unpaired) electrons. The van der Waals surface area contributed by atoms with E-state index < -0.39 is 5.69 Å². The van der Waals surface area contributed by atoms with Gasteiger partial charge in [0.2, 0.25) is 0 Å². The molecule has 2 aromatic heterocycles. The predicted molar refractivity (Wildman–Crippen MR) is 90.7 cm³/mol. The molecule has 7 heteroatoms. The van der Waals surface area contributed by atoms with Crippen molar-refractivity contribution < 1.29 is 4.79 Å². The highest BCUT2D eigenvalue weighted by Gasteiger charge is 2.20. The molecule has 7 nitrogen and oxygen atoms in total. The molecule has 1 atom stereocenters. The van der Waals surface area contributed by atoms with Crippen LogP contribution in [-0.2, 0) is 12.8 Å². The van der Waals surface area contributed by atoms with E-state index in [2.05, 4.69) is 33.8 Å². The molecule has 0 aliphatic carbocycles. The lowest BCUT2D eigenvalue weighted by atomic mass is 10.1. The third-order valence-corrected chi connectivity index (χ3v) is 3.75. The zero-order chi connectivity index (χ0) is 17.7. The van der Waals surface area contributed by atoms with Gasteiger partial charge in [-0.3, -0.25) is 14.8 Å². The molecule has 0 bridgehead atoms. The molecular weight excluding hydrogens is 306 g/mol. The Morgan fingerprint density at radius 2 is 2.00 bits per heavy atom. The van der Waals surface area contributed by atoms with E-state index in [4.69, 9.17) is 0 Å². The van der Waals surface area contributed by atoms with E-state index >= 15 is 0 Å². The summed E-state index contributed by atoms with van der Waals surface area (Å²) < 4.78 is 0. The highest BCUT2D eigenvalue weighted by atomic mass is 16.2. The molecule has 0 aliphatic rings. The Morgan fingerprint density at radius 1 is 1.25 bits per heavy atom. The van der Waals surface area contributed by atoms with Gasteiger partial charge in [0.05, 0.1) is 5.69 Å². The van der Waals surface area contributed by atoms with Crippen molar-refractivity contribution in [2.75, 3.05) is 7.05 Å². The van der Waals surface area contributed by atoms with Crippen molar-refractivity contribution in [2.45, 2.75) is 39.7 Å². The van der Waals surface area contributed by atoms with E-state index in [9.17, 15) is 9.59 Å². The molecule has 2 aromatic rings. The molecule has 1 amide bonds. The van der Waals surface area contributed by atoms with E-state index in [1.165, 1.54) is 0 Å². The first-order chi connectivity index (χ1) is 11.4. The molecule has 0 saturated carbocycles. The average molecular weight is 329 g/mol. The van der Waals surface area contributed by atoms with Crippen LogP contribution in [0.15, 0.2) is 29.5 Å². The molecule has 2 rings (SSSR count). The maximum Gasteiger partial charge on any atom is 0.345 e. The third-order valence-electron chi connectivity index (χ3n) is 3.75. The molecule has 2 heterocycles. The number of hydrogen-bond acceptors (Lipinski definition) is 5. The number of rotatable bonds is 6. The molecule has 0 aliphatic heterocycles. The van der Waals surface area contributed by atoms with Gasteiger partial charge in [-0.1, -0.05) is 13.8 Å². The number of H-pyrrole nitrogens is 1. The largest absolute Gasteiger partial charge is 0.345 e. The fraction of sp³-hybridized carbons (Fsp3) is 0.471. The number of nitrogens with one attached hydrogen (secondary N) is 1. The Balaban J connectivity index is 2.15. The van der Waals surface area contributed by atoms with Crippen molar-refractivity contribution in [1.82, 2.24) is 24.8 Å². The van der Waals surface area contributed by atoms with E-state index in [-0.39, 0.29) is 17.6 Å². The molecule has 0 spiro atoms. The normalized spacial score (nSPS) is 12.2. The van der Waals surface area contributed by atoms with Crippen LogP contribution in [0.3, 0.4) is 0 Å². The summed E-state index contributed by atoms with van der Waals surface area (Å²) >= 11 is 0. The number of carbonyl (C=O) groups excluding carboxylic acids is 1. The quantitative estimate of drug-likeness (QED) is 0.866. The van der Waals surface area contributed by atoms with Gasteiger partial charge in [-0.25, -0.2) is 4.79 Å². The van der Waals surface area contributed by atoms with Crippen LogP contribution >= 0.6 is 0 Å². The molecular formula is C17H23N5O2. The maximum absolute atomic E-state index is 12.6. The molecule has 1 unspecified atom stereocenters. The second kappa shape index (κ2) is 7.81. The number of aromatic nitrogens is 4. The van der Waals surface area contributed by atoms with Crippen molar-refractivity contribution in [3.05, 3.63) is 52.2 Å². The van der Waals surface area contributed by atoms with Crippen LogP contribution in [0.4, 0.5) is 0 Å². The Labute approximate surface area is 141 Å². The molecule has 24 heavy (non-hydrogen) atoms. The van der Waals surface area contributed by atoms with Crippen LogP contribution in [0.1, 0.15) is 42.6 Å². The van der Waals surface area contributed by atoms with Crippen molar-refractivity contribution in [3.63, 3.8) is 0 Å². The summed E-state index contributed by atoms with van der Waals surface area (Å²) in [6.45, 7) is 6.03. The fourth-order valence-corrected chi connectivity index (χ4v) is 2.42. The van der Waals surface area contributed by atoms with Crippen LogP contribution in [0, 0.1) is 5.92 Å². The second-order valence-corrected chi connectivity index (χ2v) is 6.36. The number of carbonyl (C=O) groups is 1. The molecule has 128 valence electrons. The first kappa shape index (κ1) is 17.8. The van der Waals surface area contributed by atoms with Gasteiger partial charge in [0.25, 0.3) is 5.91 Å². The van der Waals surface area contributed by atoms with Gasteiger partial charge in [0.15, 0.2) is 0 Å². The summed E-state index contributed by atoms with van der Waals surface area (Å²) in [5.74, 6) is 0.0989. The van der Waals surface area contributed by atoms with Gasteiger partial charge in [-0.2, -0.15) is 4.98 Å². The van der Waals surface area contributed by atoms with E-state index in [1.54, 1.807) is 36.6 Å². The first-order valence-corrected chi connectivity index (χ1v) is 7.99.